The quantitative estimate of drug-likeness (QED) is 0.432. The van der Waals surface area contributed by atoms with Gasteiger partial charge in [-0.1, -0.05) is 6.07 Å². The Morgan fingerprint density at radius 2 is 1.90 bits per heavy atom. The van der Waals surface area contributed by atoms with Crippen LogP contribution in [0.2, 0.25) is 0 Å². The third-order valence-electron chi connectivity index (χ3n) is 4.94. The van der Waals surface area contributed by atoms with Gasteiger partial charge in [-0.2, -0.15) is 0 Å². The highest BCUT2D eigenvalue weighted by Crippen LogP contribution is 2.34. The normalized spacial score (nSPS) is 10.7. The Hall–Kier alpha value is -3.68. The van der Waals surface area contributed by atoms with Gasteiger partial charge in [-0.15, -0.1) is 0 Å². The minimum Gasteiger partial charge on any atom is -0.494 e. The van der Waals surface area contributed by atoms with Gasteiger partial charge in [-0.3, -0.25) is 14.6 Å². The maximum Gasteiger partial charge on any atom is 0.343 e. The Morgan fingerprint density at radius 1 is 1.16 bits per heavy atom. The van der Waals surface area contributed by atoms with Crippen LogP contribution in [-0.4, -0.2) is 47.8 Å². The lowest BCUT2D eigenvalue weighted by Crippen LogP contribution is -2.16. The number of carbonyl (C=O) groups excluding carboxylic acids is 3. The molecule has 0 radical (unpaired) electrons. The lowest BCUT2D eigenvalue weighted by Gasteiger charge is -2.14. The fourth-order valence-electron chi connectivity index (χ4n) is 3.61. The third kappa shape index (κ3) is 4.14. The standard InChI is InChI=1S/C23H24N2O6/c1-6-30-23(28)16-10-24-21-15(8-7-9-18(21)29-5)22(16)31-11-17(27)20-12(2)19(14(4)26)13(3)25-20/h7-10,25H,6,11H2,1-5H3. The molecule has 0 bridgehead atoms. The summed E-state index contributed by atoms with van der Waals surface area (Å²) in [6, 6.07) is 5.21. The number of ketones is 2. The van der Waals surface area contributed by atoms with Gasteiger partial charge < -0.3 is 19.2 Å². The monoisotopic (exact) mass is 424 g/mol. The van der Waals surface area contributed by atoms with E-state index in [1.807, 2.05) is 0 Å². The van der Waals surface area contributed by atoms with Crippen molar-refractivity contribution in [3.05, 3.63) is 52.5 Å². The van der Waals surface area contributed by atoms with Gasteiger partial charge in [0.05, 0.1) is 19.4 Å². The van der Waals surface area contributed by atoms with Crippen LogP contribution in [0.4, 0.5) is 0 Å². The van der Waals surface area contributed by atoms with E-state index in [0.29, 0.717) is 39.2 Å². The molecule has 0 unspecified atom stereocenters. The molecular weight excluding hydrogens is 400 g/mol. The molecule has 2 heterocycles. The van der Waals surface area contributed by atoms with Crippen LogP contribution in [0.1, 0.15) is 56.3 Å². The highest BCUT2D eigenvalue weighted by Gasteiger charge is 2.23. The number of hydrogen-bond donors (Lipinski definition) is 1. The second kappa shape index (κ2) is 8.99. The second-order valence-electron chi connectivity index (χ2n) is 6.97. The first-order valence-corrected chi connectivity index (χ1v) is 9.79. The van der Waals surface area contributed by atoms with Crippen molar-refractivity contribution in [3.63, 3.8) is 0 Å². The number of aromatic nitrogens is 2. The molecule has 0 aliphatic heterocycles. The van der Waals surface area contributed by atoms with Crippen LogP contribution in [-0.2, 0) is 4.74 Å². The largest absolute Gasteiger partial charge is 0.494 e. The van der Waals surface area contributed by atoms with Crippen LogP contribution >= 0.6 is 0 Å². The van der Waals surface area contributed by atoms with Crippen molar-refractivity contribution in [2.24, 2.45) is 0 Å². The molecule has 1 aromatic carbocycles. The van der Waals surface area contributed by atoms with Gasteiger partial charge in [0.25, 0.3) is 0 Å². The molecule has 0 saturated carbocycles. The van der Waals surface area contributed by atoms with E-state index in [2.05, 4.69) is 9.97 Å². The van der Waals surface area contributed by atoms with Gasteiger partial charge >= 0.3 is 5.97 Å². The Labute approximate surface area is 179 Å². The molecule has 0 amide bonds. The molecule has 3 aromatic rings. The molecular formula is C23H24N2O6. The van der Waals surface area contributed by atoms with Crippen molar-refractivity contribution in [2.45, 2.75) is 27.7 Å². The minimum atomic E-state index is -0.604. The molecule has 8 heteroatoms. The summed E-state index contributed by atoms with van der Waals surface area (Å²) in [4.78, 5) is 44.5. The van der Waals surface area contributed by atoms with Crippen LogP contribution in [0.5, 0.6) is 11.5 Å². The molecule has 0 aliphatic carbocycles. The summed E-state index contributed by atoms with van der Waals surface area (Å²) in [6.07, 6.45) is 1.35. The van der Waals surface area contributed by atoms with Crippen LogP contribution in [0, 0.1) is 13.8 Å². The first-order valence-electron chi connectivity index (χ1n) is 9.79. The third-order valence-corrected chi connectivity index (χ3v) is 4.94. The van der Waals surface area contributed by atoms with Gasteiger partial charge in [0.15, 0.2) is 12.4 Å². The topological polar surface area (TPSA) is 108 Å². The Balaban J connectivity index is 2.01. The van der Waals surface area contributed by atoms with E-state index in [-0.39, 0.29) is 36.1 Å². The number of carbonyl (C=O) groups is 3. The number of esters is 1. The lowest BCUT2D eigenvalue weighted by molar-refractivity contribution is 0.0520. The number of hydrogen-bond acceptors (Lipinski definition) is 7. The number of rotatable bonds is 8. The SMILES string of the molecule is CCOC(=O)c1cnc2c(OC)cccc2c1OCC(=O)c1[nH]c(C)c(C(C)=O)c1C. The number of benzene rings is 1. The van der Waals surface area contributed by atoms with Gasteiger partial charge in [0, 0.05) is 22.8 Å². The summed E-state index contributed by atoms with van der Waals surface area (Å²) in [7, 11) is 1.52. The number of fused-ring (bicyclic) bond motifs is 1. The maximum absolute atomic E-state index is 12.9. The molecule has 2 aromatic heterocycles. The van der Waals surface area contributed by atoms with Crippen LogP contribution in [0.3, 0.4) is 0 Å². The molecule has 0 saturated heterocycles. The zero-order valence-corrected chi connectivity index (χ0v) is 18.1. The summed E-state index contributed by atoms with van der Waals surface area (Å²) in [5.41, 5.74) is 2.60. The van der Waals surface area contributed by atoms with E-state index in [0.717, 1.165) is 0 Å². The fourth-order valence-corrected chi connectivity index (χ4v) is 3.61. The van der Waals surface area contributed by atoms with Gasteiger partial charge in [-0.05, 0) is 45.4 Å². The van der Waals surface area contributed by atoms with Crippen molar-refractivity contribution in [3.8, 4) is 11.5 Å². The number of ether oxygens (including phenoxy) is 3. The molecule has 0 fully saturated rings. The number of pyridine rings is 1. The van der Waals surface area contributed by atoms with Crippen molar-refractivity contribution in [1.29, 1.82) is 0 Å². The van der Waals surface area contributed by atoms with Crippen molar-refractivity contribution < 1.29 is 28.6 Å². The Kier molecular flexibility index (Phi) is 6.39. The Bertz CT molecular complexity index is 1180. The number of aromatic amines is 1. The number of methoxy groups -OCH3 is 1. The van der Waals surface area contributed by atoms with Crippen molar-refractivity contribution in [2.75, 3.05) is 20.3 Å². The number of H-pyrrole nitrogens is 1. The predicted molar refractivity (Wildman–Crippen MR) is 114 cm³/mol. The lowest BCUT2D eigenvalue weighted by atomic mass is 10.1. The van der Waals surface area contributed by atoms with Gasteiger partial charge in [-0.25, -0.2) is 4.79 Å². The predicted octanol–water partition coefficient (Wildman–Crippen LogP) is 3.83. The zero-order chi connectivity index (χ0) is 22.7. The summed E-state index contributed by atoms with van der Waals surface area (Å²) in [5.74, 6) is -0.388. The number of Topliss-reactive ketones (excluding diaryl/α,β-unsaturated/α-hetero) is 2. The molecule has 0 spiro atoms. The average molecular weight is 424 g/mol. The molecule has 0 aliphatic rings. The molecule has 8 nitrogen and oxygen atoms in total. The highest BCUT2D eigenvalue weighted by atomic mass is 16.5. The molecule has 1 N–H and O–H groups in total. The summed E-state index contributed by atoms with van der Waals surface area (Å²) >= 11 is 0. The second-order valence-corrected chi connectivity index (χ2v) is 6.97. The first kappa shape index (κ1) is 22.0. The average Bonchev–Trinajstić information content (AvgIpc) is 3.05. The van der Waals surface area contributed by atoms with E-state index in [1.54, 1.807) is 39.0 Å². The number of para-hydroxylation sites is 1. The fraction of sp³-hybridized carbons (Fsp3) is 0.304. The van der Waals surface area contributed by atoms with Crippen LogP contribution < -0.4 is 9.47 Å². The highest BCUT2D eigenvalue weighted by molar-refractivity contribution is 6.04. The molecule has 162 valence electrons. The van der Waals surface area contributed by atoms with Crippen LogP contribution in [0.25, 0.3) is 10.9 Å². The van der Waals surface area contributed by atoms with E-state index in [4.69, 9.17) is 14.2 Å². The van der Waals surface area contributed by atoms with Crippen LogP contribution in [0.15, 0.2) is 24.4 Å². The number of nitrogens with zero attached hydrogens (tertiary/aromatic N) is 1. The first-order chi connectivity index (χ1) is 14.8. The van der Waals surface area contributed by atoms with Gasteiger partial charge in [0.1, 0.15) is 22.6 Å². The molecule has 0 atom stereocenters. The zero-order valence-electron chi connectivity index (χ0n) is 18.1. The van der Waals surface area contributed by atoms with Crippen molar-refractivity contribution >= 4 is 28.4 Å². The number of aryl methyl sites for hydroxylation is 1. The van der Waals surface area contributed by atoms with E-state index >= 15 is 0 Å². The molecule has 3 rings (SSSR count). The minimum absolute atomic E-state index is 0.110. The van der Waals surface area contributed by atoms with E-state index in [1.165, 1.54) is 20.2 Å². The van der Waals surface area contributed by atoms with E-state index < -0.39 is 5.97 Å². The van der Waals surface area contributed by atoms with E-state index in [9.17, 15) is 14.4 Å². The summed E-state index contributed by atoms with van der Waals surface area (Å²) in [5, 5.41) is 0.515. The Morgan fingerprint density at radius 3 is 2.52 bits per heavy atom. The summed E-state index contributed by atoms with van der Waals surface area (Å²) < 4.78 is 16.3. The van der Waals surface area contributed by atoms with Gasteiger partial charge in [0.2, 0.25) is 5.78 Å². The summed E-state index contributed by atoms with van der Waals surface area (Å²) in [6.45, 7) is 6.44. The van der Waals surface area contributed by atoms with Crippen molar-refractivity contribution in [1.82, 2.24) is 9.97 Å². The molecule has 31 heavy (non-hydrogen) atoms. The maximum atomic E-state index is 12.9. The number of nitrogens with one attached hydrogen (secondary N) is 1. The smallest absolute Gasteiger partial charge is 0.343 e.